The number of hydrogen-bond donors (Lipinski definition) is 0. The minimum atomic E-state index is -1.18. The summed E-state index contributed by atoms with van der Waals surface area (Å²) in [6.45, 7) is 0. The molecule has 0 atom stereocenters. The Morgan fingerprint density at radius 3 is 1.48 bits per heavy atom. The Morgan fingerprint density at radius 1 is 0.393 bits per heavy atom. The minimum absolute atomic E-state index is 0.0464. The van der Waals surface area contributed by atoms with E-state index in [1.54, 1.807) is 60.7 Å². The molecule has 0 fully saturated rings. The Balaban J connectivity index is 1.33. The van der Waals surface area contributed by atoms with Crippen LogP contribution in [0.1, 0.15) is 32.9 Å². The fraction of sp³-hybridized carbons (Fsp3) is 0. The minimum Gasteiger partial charge on any atom is -0.456 e. The number of furan rings is 1. The lowest BCUT2D eigenvalue weighted by Gasteiger charge is -2.26. The predicted molar refractivity (Wildman–Crippen MR) is 229 cm³/mol. The molecule has 0 aliphatic carbocycles. The topological polar surface area (TPSA) is 55.1 Å². The number of rotatable bonds is 8. The molecule has 5 nitrogen and oxygen atoms in total. The zero-order chi connectivity index (χ0) is 58.1. The number of anilines is 3. The maximum atomic E-state index is 10.0. The van der Waals surface area contributed by atoms with Gasteiger partial charge in [0, 0.05) is 44.5 Å². The van der Waals surface area contributed by atoms with Gasteiger partial charge < -0.3 is 9.32 Å². The summed E-state index contributed by atoms with van der Waals surface area (Å²) in [7, 11) is 0. The molecular weight excluding hydrogens is 685 g/mol. The van der Waals surface area contributed by atoms with E-state index in [4.69, 9.17) is 38.6 Å². The van der Waals surface area contributed by atoms with Gasteiger partial charge in [0.25, 0.3) is 0 Å². The van der Waals surface area contributed by atoms with Crippen molar-refractivity contribution >= 4 is 39.0 Å². The lowest BCUT2D eigenvalue weighted by molar-refractivity contribution is 0.669. The molecule has 0 spiro atoms. The average Bonchev–Trinajstić information content (AvgIpc) is 3.96. The number of aromatic nitrogens is 3. The third kappa shape index (κ3) is 6.27. The van der Waals surface area contributed by atoms with Crippen molar-refractivity contribution in [3.8, 4) is 56.4 Å². The van der Waals surface area contributed by atoms with E-state index in [9.17, 15) is 13.7 Å². The Kier molecular flexibility index (Phi) is 4.19. The van der Waals surface area contributed by atoms with Gasteiger partial charge in [-0.05, 0) is 76.6 Å². The third-order valence-electron chi connectivity index (χ3n) is 8.38. The van der Waals surface area contributed by atoms with Gasteiger partial charge in [-0.2, -0.15) is 0 Å². The summed E-state index contributed by atoms with van der Waals surface area (Å²) in [5.74, 6) is -0.242. The van der Waals surface area contributed by atoms with Crippen LogP contribution in [0.4, 0.5) is 17.1 Å². The second-order valence-corrected chi connectivity index (χ2v) is 11.8. The zero-order valence-electron chi connectivity index (χ0n) is 52.5. The van der Waals surface area contributed by atoms with Crippen molar-refractivity contribution in [1.82, 2.24) is 15.0 Å². The molecule has 10 aromatic rings. The van der Waals surface area contributed by atoms with Crippen LogP contribution in [0.25, 0.3) is 78.4 Å². The maximum absolute atomic E-state index is 10.0. The fourth-order valence-electron chi connectivity index (χ4n) is 5.84. The van der Waals surface area contributed by atoms with Gasteiger partial charge in [0.15, 0.2) is 17.5 Å². The SMILES string of the molecule is [2H]c1c([2H])c([2H])c(-c2c([2H])c([2H])c(N(c3c([2H])c([2H])c([2H])c([2H])c3[2H])c3c([2H])c([2H])c(-c4c([2H])c(-c5nc(-c6ccccc6)nc(-c6ccccc6)n5)c5c(oc6c([2H])c([2H])c([2H])c([2H])c65)c4[2H])c([2H])c3[2H])c([2H])c2[2H])c([2H])c1[2H]. The molecule has 0 saturated heterocycles. The molecule has 0 saturated carbocycles. The largest absolute Gasteiger partial charge is 0.456 e. The van der Waals surface area contributed by atoms with Gasteiger partial charge in [0.1, 0.15) is 11.2 Å². The standard InChI is InChI=1S/C51H34N4O/c1-5-15-35(16-6-1)36-25-29-42(30-26-36)55(41-21-11-4-12-22-41)43-31-27-37(28-32-43)40-33-45(48-44-23-13-14-24-46(44)56-47(48)34-40)51-53-49(38-17-7-2-8-18-38)52-50(54-51)39-19-9-3-10-20-39/h1-34H/i1D,4D,5D,6D,11D,12D,13D,14D,15D,16D,21D,22D,23D,24D,25D,26D,27D,28D,29D,30D,31D,32D,33D,34D. The maximum Gasteiger partial charge on any atom is 0.164 e. The molecule has 2 aromatic heterocycles. The van der Waals surface area contributed by atoms with Crippen LogP contribution in [0, 0.1) is 0 Å². The van der Waals surface area contributed by atoms with E-state index in [2.05, 4.69) is 0 Å². The molecule has 0 aliphatic rings. The van der Waals surface area contributed by atoms with Crippen LogP contribution in [-0.2, 0) is 0 Å². The van der Waals surface area contributed by atoms with Crippen LogP contribution in [0.5, 0.6) is 0 Å². The van der Waals surface area contributed by atoms with Crippen molar-refractivity contribution in [2.75, 3.05) is 4.90 Å². The summed E-state index contributed by atoms with van der Waals surface area (Å²) in [5.41, 5.74) is -6.70. The van der Waals surface area contributed by atoms with Crippen LogP contribution in [0.3, 0.4) is 0 Å². The van der Waals surface area contributed by atoms with Gasteiger partial charge in [-0.15, -0.1) is 0 Å². The van der Waals surface area contributed by atoms with E-state index in [1.165, 1.54) is 0 Å². The average molecular weight is 743 g/mol. The Hall–Kier alpha value is -7.63. The van der Waals surface area contributed by atoms with Gasteiger partial charge in [0.05, 0.1) is 32.9 Å². The Labute approximate surface area is 358 Å². The Bertz CT molecular complexity index is 4190. The number of benzene rings is 8. The van der Waals surface area contributed by atoms with Crippen molar-refractivity contribution in [2.45, 2.75) is 0 Å². The van der Waals surface area contributed by atoms with Gasteiger partial charge in [-0.1, -0.05) is 151 Å². The third-order valence-corrected chi connectivity index (χ3v) is 8.38. The molecule has 0 N–H and O–H groups in total. The summed E-state index contributed by atoms with van der Waals surface area (Å²) in [4.78, 5) is 14.6. The summed E-state index contributed by atoms with van der Waals surface area (Å²) in [6.07, 6.45) is 0. The van der Waals surface area contributed by atoms with E-state index in [1.807, 2.05) is 0 Å². The normalized spacial score (nSPS) is 17.2. The van der Waals surface area contributed by atoms with Crippen molar-refractivity contribution < 1.29 is 37.3 Å². The van der Waals surface area contributed by atoms with E-state index >= 15 is 0 Å². The summed E-state index contributed by atoms with van der Waals surface area (Å²) >= 11 is 0. The molecule has 5 heteroatoms. The van der Waals surface area contributed by atoms with Crippen LogP contribution >= 0.6 is 0 Å². The molecule has 0 aliphatic heterocycles. The highest BCUT2D eigenvalue weighted by molar-refractivity contribution is 6.13. The van der Waals surface area contributed by atoms with Crippen LogP contribution in [0.2, 0.25) is 0 Å². The van der Waals surface area contributed by atoms with Crippen LogP contribution in [0.15, 0.2) is 210 Å². The number of para-hydroxylation sites is 2. The first kappa shape index (κ1) is 16.4. The van der Waals surface area contributed by atoms with Crippen molar-refractivity contribution in [1.29, 1.82) is 0 Å². The fourth-order valence-corrected chi connectivity index (χ4v) is 5.84. The summed E-state index contributed by atoms with van der Waals surface area (Å²) in [5, 5.41) is -0.580. The first-order chi connectivity index (χ1) is 37.8. The molecule has 10 rings (SSSR count). The molecule has 0 bridgehead atoms. The second-order valence-electron chi connectivity index (χ2n) is 11.8. The van der Waals surface area contributed by atoms with Gasteiger partial charge in [0.2, 0.25) is 0 Å². The van der Waals surface area contributed by atoms with Crippen LogP contribution < -0.4 is 4.90 Å². The van der Waals surface area contributed by atoms with Gasteiger partial charge in [-0.25, -0.2) is 15.0 Å². The molecule has 0 amide bonds. The highest BCUT2D eigenvalue weighted by atomic mass is 16.3. The highest BCUT2D eigenvalue weighted by Gasteiger charge is 2.20. The number of hydrogen-bond acceptors (Lipinski definition) is 5. The second kappa shape index (κ2) is 14.3. The number of fused-ring (bicyclic) bond motifs is 3. The van der Waals surface area contributed by atoms with Crippen molar-refractivity contribution in [2.24, 2.45) is 0 Å². The summed E-state index contributed by atoms with van der Waals surface area (Å²) < 4.78 is 222. The molecular formula is C51H34N4O. The molecule has 56 heavy (non-hydrogen) atoms. The van der Waals surface area contributed by atoms with Crippen molar-refractivity contribution in [3.63, 3.8) is 0 Å². The lowest BCUT2D eigenvalue weighted by Crippen LogP contribution is -2.09. The summed E-state index contributed by atoms with van der Waals surface area (Å²) in [6, 6.07) is -6.09. The van der Waals surface area contributed by atoms with E-state index in [0.29, 0.717) is 16.0 Å². The van der Waals surface area contributed by atoms with Gasteiger partial charge in [-0.3, -0.25) is 0 Å². The molecule has 8 aromatic carbocycles. The number of nitrogens with zero attached hydrogens (tertiary/aromatic N) is 4. The molecule has 2 heterocycles. The molecule has 0 unspecified atom stereocenters. The highest BCUT2D eigenvalue weighted by Crippen LogP contribution is 2.41. The monoisotopic (exact) mass is 742 g/mol. The van der Waals surface area contributed by atoms with E-state index < -0.39 is 196 Å². The Morgan fingerprint density at radius 2 is 0.875 bits per heavy atom. The molecule has 264 valence electrons. The van der Waals surface area contributed by atoms with Crippen molar-refractivity contribution in [3.05, 3.63) is 206 Å². The van der Waals surface area contributed by atoms with E-state index in [0.717, 1.165) is 0 Å². The zero-order valence-corrected chi connectivity index (χ0v) is 28.5. The molecule has 0 radical (unpaired) electrons. The first-order valence-electron chi connectivity index (χ1n) is 28.7. The quantitative estimate of drug-likeness (QED) is 0.155. The van der Waals surface area contributed by atoms with Gasteiger partial charge >= 0.3 is 0 Å². The first-order valence-corrected chi connectivity index (χ1v) is 16.7. The smallest absolute Gasteiger partial charge is 0.164 e. The predicted octanol–water partition coefficient (Wildman–Crippen LogP) is 13.6. The van der Waals surface area contributed by atoms with E-state index in [-0.39, 0.29) is 33.8 Å². The van der Waals surface area contributed by atoms with Crippen LogP contribution in [-0.4, -0.2) is 15.0 Å². The lowest BCUT2D eigenvalue weighted by atomic mass is 9.97.